The fourth-order valence-corrected chi connectivity index (χ4v) is 2.39. The van der Waals surface area contributed by atoms with Crippen molar-refractivity contribution in [2.45, 2.75) is 26.1 Å². The lowest BCUT2D eigenvalue weighted by Crippen LogP contribution is -2.32. The third-order valence-electron chi connectivity index (χ3n) is 3.19. The normalized spacial score (nSPS) is 18.1. The summed E-state index contributed by atoms with van der Waals surface area (Å²) in [6.07, 6.45) is 0. The van der Waals surface area contributed by atoms with Crippen LogP contribution >= 0.6 is 11.6 Å². The molecule has 1 aromatic heterocycles. The lowest BCUT2D eigenvalue weighted by atomic mass is 10.2. The van der Waals surface area contributed by atoms with Gasteiger partial charge in [0.25, 0.3) is 0 Å². The van der Waals surface area contributed by atoms with Crippen LogP contribution in [0.25, 0.3) is 0 Å². The van der Waals surface area contributed by atoms with Gasteiger partial charge in [-0.2, -0.15) is 0 Å². The van der Waals surface area contributed by atoms with Crippen molar-refractivity contribution in [3.8, 4) is 5.75 Å². The fourth-order valence-electron chi connectivity index (χ4n) is 2.21. The molecule has 19 heavy (non-hydrogen) atoms. The molecule has 0 saturated carbocycles. The zero-order chi connectivity index (χ0) is 13.2. The summed E-state index contributed by atoms with van der Waals surface area (Å²) in [5.41, 5.74) is 0. The highest BCUT2D eigenvalue weighted by atomic mass is 35.5. The number of fused-ring (bicyclic) bond motifs is 1. The number of halogens is 1. The van der Waals surface area contributed by atoms with Crippen LogP contribution in [0.2, 0.25) is 5.02 Å². The quantitative estimate of drug-likeness (QED) is 0.935. The molecular formula is C13H15ClN4O. The molecule has 2 aromatic rings. The van der Waals surface area contributed by atoms with Crippen LogP contribution in [0, 0.1) is 0 Å². The molecule has 1 aromatic carbocycles. The molecule has 0 radical (unpaired) electrons. The molecule has 6 heteroatoms. The molecule has 1 unspecified atom stereocenters. The van der Waals surface area contributed by atoms with Gasteiger partial charge in [0, 0.05) is 18.1 Å². The molecule has 1 atom stereocenters. The largest absolute Gasteiger partial charge is 0.486 e. The SMILES string of the molecule is CC1NCCn2c(COc3cccc(Cl)c3)nnc21. The van der Waals surface area contributed by atoms with Gasteiger partial charge in [-0.15, -0.1) is 10.2 Å². The summed E-state index contributed by atoms with van der Waals surface area (Å²) in [6.45, 7) is 4.29. The number of benzene rings is 1. The smallest absolute Gasteiger partial charge is 0.171 e. The minimum Gasteiger partial charge on any atom is -0.486 e. The van der Waals surface area contributed by atoms with E-state index >= 15 is 0 Å². The molecule has 100 valence electrons. The molecule has 1 N–H and O–H groups in total. The first-order valence-electron chi connectivity index (χ1n) is 6.28. The van der Waals surface area contributed by atoms with Gasteiger partial charge in [-0.05, 0) is 25.1 Å². The van der Waals surface area contributed by atoms with Crippen LogP contribution in [0.3, 0.4) is 0 Å². The van der Waals surface area contributed by atoms with Crippen molar-refractivity contribution in [3.63, 3.8) is 0 Å². The predicted octanol–water partition coefficient (Wildman–Crippen LogP) is 2.17. The number of rotatable bonds is 3. The van der Waals surface area contributed by atoms with E-state index in [2.05, 4.69) is 27.0 Å². The highest BCUT2D eigenvalue weighted by molar-refractivity contribution is 6.30. The van der Waals surface area contributed by atoms with Crippen molar-refractivity contribution in [1.29, 1.82) is 0 Å². The van der Waals surface area contributed by atoms with Gasteiger partial charge in [-0.3, -0.25) is 0 Å². The Balaban J connectivity index is 1.74. The first-order valence-corrected chi connectivity index (χ1v) is 6.65. The monoisotopic (exact) mass is 278 g/mol. The van der Waals surface area contributed by atoms with E-state index in [0.717, 1.165) is 30.5 Å². The molecular weight excluding hydrogens is 264 g/mol. The van der Waals surface area contributed by atoms with Gasteiger partial charge in [0.15, 0.2) is 5.82 Å². The van der Waals surface area contributed by atoms with Crippen molar-refractivity contribution in [2.24, 2.45) is 0 Å². The van der Waals surface area contributed by atoms with Gasteiger partial charge in [0.1, 0.15) is 18.2 Å². The second-order valence-corrected chi connectivity index (χ2v) is 4.98. The van der Waals surface area contributed by atoms with Crippen LogP contribution in [0.1, 0.15) is 24.6 Å². The third kappa shape index (κ3) is 2.57. The Labute approximate surface area is 116 Å². The summed E-state index contributed by atoms with van der Waals surface area (Å²) < 4.78 is 7.82. The highest BCUT2D eigenvalue weighted by Crippen LogP contribution is 2.20. The highest BCUT2D eigenvalue weighted by Gasteiger charge is 2.21. The molecule has 1 aliphatic rings. The van der Waals surface area contributed by atoms with E-state index in [4.69, 9.17) is 16.3 Å². The van der Waals surface area contributed by atoms with Gasteiger partial charge in [0.2, 0.25) is 0 Å². The van der Waals surface area contributed by atoms with Crippen molar-refractivity contribution in [2.75, 3.05) is 6.54 Å². The second-order valence-electron chi connectivity index (χ2n) is 4.55. The minimum atomic E-state index is 0.237. The maximum Gasteiger partial charge on any atom is 0.171 e. The molecule has 5 nitrogen and oxygen atoms in total. The zero-order valence-electron chi connectivity index (χ0n) is 10.6. The van der Waals surface area contributed by atoms with E-state index < -0.39 is 0 Å². The van der Waals surface area contributed by atoms with Crippen molar-refractivity contribution in [3.05, 3.63) is 40.9 Å². The maximum atomic E-state index is 5.92. The first-order chi connectivity index (χ1) is 9.24. The molecule has 1 aliphatic heterocycles. The Morgan fingerprint density at radius 1 is 1.47 bits per heavy atom. The number of nitrogens with zero attached hydrogens (tertiary/aromatic N) is 3. The van der Waals surface area contributed by atoms with Crippen LogP contribution in [-0.4, -0.2) is 21.3 Å². The average Bonchev–Trinajstić information content (AvgIpc) is 2.81. The maximum absolute atomic E-state index is 5.92. The van der Waals surface area contributed by atoms with E-state index in [1.807, 2.05) is 18.2 Å². The Bertz CT molecular complexity index is 584. The molecule has 0 spiro atoms. The summed E-state index contributed by atoms with van der Waals surface area (Å²) in [4.78, 5) is 0. The number of hydrogen-bond donors (Lipinski definition) is 1. The van der Waals surface area contributed by atoms with Crippen molar-refractivity contribution < 1.29 is 4.74 Å². The molecule has 0 amide bonds. The van der Waals surface area contributed by atoms with Crippen molar-refractivity contribution >= 4 is 11.6 Å². The van der Waals surface area contributed by atoms with E-state index in [0.29, 0.717) is 11.6 Å². The number of ether oxygens (including phenoxy) is 1. The van der Waals surface area contributed by atoms with Crippen LogP contribution in [0.5, 0.6) is 5.75 Å². The summed E-state index contributed by atoms with van der Waals surface area (Å²) in [5.74, 6) is 2.56. The van der Waals surface area contributed by atoms with Gasteiger partial charge in [-0.1, -0.05) is 17.7 Å². The van der Waals surface area contributed by atoms with E-state index in [1.165, 1.54) is 0 Å². The van der Waals surface area contributed by atoms with Crippen LogP contribution < -0.4 is 10.1 Å². The molecule has 2 heterocycles. The van der Waals surface area contributed by atoms with Gasteiger partial charge in [0.05, 0.1) is 6.04 Å². The number of aromatic nitrogens is 3. The lowest BCUT2D eigenvalue weighted by Gasteiger charge is -2.21. The van der Waals surface area contributed by atoms with Crippen molar-refractivity contribution in [1.82, 2.24) is 20.1 Å². The number of hydrogen-bond acceptors (Lipinski definition) is 4. The number of nitrogens with one attached hydrogen (secondary N) is 1. The standard InChI is InChI=1S/C13H15ClN4O/c1-9-13-17-16-12(18(13)6-5-15-9)8-19-11-4-2-3-10(14)7-11/h2-4,7,9,15H,5-6,8H2,1H3. The lowest BCUT2D eigenvalue weighted by molar-refractivity contribution is 0.284. The summed E-state index contributed by atoms with van der Waals surface area (Å²) in [7, 11) is 0. The Morgan fingerprint density at radius 2 is 2.37 bits per heavy atom. The topological polar surface area (TPSA) is 52.0 Å². The summed E-state index contributed by atoms with van der Waals surface area (Å²) in [5, 5.41) is 12.4. The predicted molar refractivity (Wildman–Crippen MR) is 72.2 cm³/mol. The molecule has 0 aliphatic carbocycles. The average molecular weight is 279 g/mol. The minimum absolute atomic E-state index is 0.237. The third-order valence-corrected chi connectivity index (χ3v) is 3.43. The molecule has 0 saturated heterocycles. The molecule has 0 fully saturated rings. The van der Waals surface area contributed by atoms with E-state index in [9.17, 15) is 0 Å². The Kier molecular flexibility index (Phi) is 3.40. The van der Waals surface area contributed by atoms with Crippen LogP contribution in [0.4, 0.5) is 0 Å². The van der Waals surface area contributed by atoms with E-state index in [-0.39, 0.29) is 6.04 Å². The fraction of sp³-hybridized carbons (Fsp3) is 0.385. The Morgan fingerprint density at radius 3 is 3.21 bits per heavy atom. The van der Waals surface area contributed by atoms with Gasteiger partial charge in [-0.25, -0.2) is 0 Å². The van der Waals surface area contributed by atoms with Crippen LogP contribution in [0.15, 0.2) is 24.3 Å². The van der Waals surface area contributed by atoms with E-state index in [1.54, 1.807) is 6.07 Å². The molecule has 3 rings (SSSR count). The first kappa shape index (κ1) is 12.4. The van der Waals surface area contributed by atoms with Gasteiger partial charge < -0.3 is 14.6 Å². The Hall–Kier alpha value is -1.59. The van der Waals surface area contributed by atoms with Crippen LogP contribution in [-0.2, 0) is 13.2 Å². The second kappa shape index (κ2) is 5.19. The summed E-state index contributed by atoms with van der Waals surface area (Å²) in [6, 6.07) is 7.59. The summed E-state index contributed by atoms with van der Waals surface area (Å²) >= 11 is 5.92. The van der Waals surface area contributed by atoms with Gasteiger partial charge >= 0.3 is 0 Å². The zero-order valence-corrected chi connectivity index (χ0v) is 11.4. The molecule has 0 bridgehead atoms.